The van der Waals surface area contributed by atoms with Gasteiger partial charge >= 0.3 is 0 Å². The molecule has 7 heteroatoms. The largest absolute Gasteiger partial charge is 0.340 e. The van der Waals surface area contributed by atoms with Crippen LogP contribution in [0.2, 0.25) is 0 Å². The predicted molar refractivity (Wildman–Crippen MR) is 110 cm³/mol. The molecule has 4 nitrogen and oxygen atoms in total. The third-order valence-corrected chi connectivity index (χ3v) is 4.94. The average molecular weight is 404 g/mol. The van der Waals surface area contributed by atoms with Crippen LogP contribution in [0.1, 0.15) is 39.8 Å². The lowest BCUT2D eigenvalue weighted by molar-refractivity contribution is 0.0744. The molecule has 1 heterocycles. The second kappa shape index (κ2) is 10.1. The van der Waals surface area contributed by atoms with Crippen LogP contribution in [-0.2, 0) is 6.42 Å². The molecule has 0 unspecified atom stereocenters. The molecule has 0 saturated carbocycles. The van der Waals surface area contributed by atoms with Crippen LogP contribution in [0, 0.1) is 12.3 Å². The number of aromatic nitrogens is 1. The van der Waals surface area contributed by atoms with Crippen LogP contribution < -0.4 is 5.73 Å². The van der Waals surface area contributed by atoms with Gasteiger partial charge in [0.15, 0.2) is 0 Å². The summed E-state index contributed by atoms with van der Waals surface area (Å²) >= 11 is 1.49. The Labute approximate surface area is 166 Å². The number of halogens is 2. The predicted octanol–water partition coefficient (Wildman–Crippen LogP) is 3.94. The number of nitrogens with zero attached hydrogens (tertiary/aromatic N) is 2. The normalized spacial score (nSPS) is 10.6. The van der Waals surface area contributed by atoms with E-state index < -0.39 is 0 Å². The zero-order valence-electron chi connectivity index (χ0n) is 15.1. The maximum Gasteiger partial charge on any atom is 0.265 e. The van der Waals surface area contributed by atoms with Crippen molar-refractivity contribution in [3.8, 4) is 0 Å². The van der Waals surface area contributed by atoms with Gasteiger partial charge in [0.1, 0.15) is 4.88 Å². The van der Waals surface area contributed by atoms with Crippen LogP contribution in [0.25, 0.3) is 0 Å². The monoisotopic (exact) mass is 403 g/mol. The molecule has 140 valence electrons. The minimum atomic E-state index is -0.0874. The van der Waals surface area contributed by atoms with Crippen LogP contribution in [0.5, 0.6) is 0 Å². The summed E-state index contributed by atoms with van der Waals surface area (Å²) in [5, 5.41) is 0.975. The van der Waals surface area contributed by atoms with Gasteiger partial charge in [-0.2, -0.15) is 0 Å². The lowest BCUT2D eigenvalue weighted by atomic mass is 9.93. The average Bonchev–Trinajstić information content (AvgIpc) is 2.87. The number of thiazole rings is 1. The van der Waals surface area contributed by atoms with E-state index in [9.17, 15) is 4.79 Å². The number of aryl methyl sites for hydroxylation is 1. The molecular formula is C18H27Cl2N3OS. The van der Waals surface area contributed by atoms with E-state index in [-0.39, 0.29) is 36.1 Å². The molecule has 0 fully saturated rings. The first-order valence-corrected chi connectivity index (χ1v) is 8.60. The number of amides is 1. The summed E-state index contributed by atoms with van der Waals surface area (Å²) in [6.45, 7) is 7.22. The van der Waals surface area contributed by atoms with E-state index >= 15 is 0 Å². The summed E-state index contributed by atoms with van der Waals surface area (Å²) in [6, 6.07) is 10.2. The van der Waals surface area contributed by atoms with Gasteiger partial charge in [0.05, 0.1) is 10.7 Å². The molecule has 0 saturated heterocycles. The van der Waals surface area contributed by atoms with Crippen LogP contribution in [0.15, 0.2) is 30.3 Å². The van der Waals surface area contributed by atoms with Crippen LogP contribution in [0.3, 0.4) is 0 Å². The molecular weight excluding hydrogens is 377 g/mol. The molecule has 1 amide bonds. The Hall–Kier alpha value is -1.14. The topological polar surface area (TPSA) is 59.2 Å². The Morgan fingerprint density at radius 2 is 1.84 bits per heavy atom. The summed E-state index contributed by atoms with van der Waals surface area (Å²) in [5.74, 6) is 0.0286. The van der Waals surface area contributed by atoms with Crippen molar-refractivity contribution in [3.63, 3.8) is 0 Å². The van der Waals surface area contributed by atoms with Crippen molar-refractivity contribution in [1.82, 2.24) is 9.88 Å². The van der Waals surface area contributed by atoms with Crippen molar-refractivity contribution < 1.29 is 4.79 Å². The summed E-state index contributed by atoms with van der Waals surface area (Å²) in [5.41, 5.74) is 7.69. The fourth-order valence-corrected chi connectivity index (χ4v) is 3.54. The molecule has 2 rings (SSSR count). The highest BCUT2D eigenvalue weighted by molar-refractivity contribution is 7.13. The highest BCUT2D eigenvalue weighted by atomic mass is 35.5. The van der Waals surface area contributed by atoms with Gasteiger partial charge in [-0.1, -0.05) is 44.2 Å². The van der Waals surface area contributed by atoms with Crippen molar-refractivity contribution in [1.29, 1.82) is 0 Å². The molecule has 0 atom stereocenters. The van der Waals surface area contributed by atoms with E-state index in [1.165, 1.54) is 16.9 Å². The summed E-state index contributed by atoms with van der Waals surface area (Å²) < 4.78 is 0. The Balaban J connectivity index is 0.00000288. The lowest BCUT2D eigenvalue weighted by Crippen LogP contribution is -2.39. The molecule has 25 heavy (non-hydrogen) atoms. The van der Waals surface area contributed by atoms with Crippen molar-refractivity contribution in [2.45, 2.75) is 27.2 Å². The number of carbonyl (C=O) groups excluding carboxylic acids is 1. The van der Waals surface area contributed by atoms with Crippen molar-refractivity contribution in [3.05, 3.63) is 51.5 Å². The number of rotatable bonds is 6. The first-order chi connectivity index (χ1) is 10.8. The van der Waals surface area contributed by atoms with Crippen molar-refractivity contribution in [2.24, 2.45) is 11.1 Å². The lowest BCUT2D eigenvalue weighted by Gasteiger charge is -2.28. The minimum Gasteiger partial charge on any atom is -0.340 e. The number of hydrogen-bond donors (Lipinski definition) is 1. The van der Waals surface area contributed by atoms with E-state index in [2.05, 4.69) is 31.0 Å². The summed E-state index contributed by atoms with van der Waals surface area (Å²) in [6.07, 6.45) is 0.762. The third kappa shape index (κ3) is 6.59. The van der Waals surface area contributed by atoms with Gasteiger partial charge in [0.2, 0.25) is 0 Å². The van der Waals surface area contributed by atoms with E-state index in [0.717, 1.165) is 22.0 Å². The van der Waals surface area contributed by atoms with Crippen molar-refractivity contribution in [2.75, 3.05) is 20.1 Å². The van der Waals surface area contributed by atoms with Gasteiger partial charge in [-0.25, -0.2) is 4.98 Å². The molecule has 2 N–H and O–H groups in total. The first kappa shape index (κ1) is 23.9. The second-order valence-corrected chi connectivity index (χ2v) is 7.80. The molecule has 1 aromatic carbocycles. The first-order valence-electron chi connectivity index (χ1n) is 7.78. The zero-order chi connectivity index (χ0) is 17.0. The summed E-state index contributed by atoms with van der Waals surface area (Å²) in [7, 11) is 1.83. The number of nitrogens with two attached hydrogens (primary N) is 1. The fourth-order valence-electron chi connectivity index (χ4n) is 2.45. The Morgan fingerprint density at radius 3 is 2.40 bits per heavy atom. The quantitative estimate of drug-likeness (QED) is 0.793. The van der Waals surface area contributed by atoms with Crippen LogP contribution >= 0.6 is 36.2 Å². The van der Waals surface area contributed by atoms with E-state index in [1.54, 1.807) is 4.90 Å². The third-order valence-electron chi connectivity index (χ3n) is 3.80. The van der Waals surface area contributed by atoms with E-state index in [4.69, 9.17) is 5.73 Å². The molecule has 2 aromatic rings. The van der Waals surface area contributed by atoms with Gasteiger partial charge in [-0.3, -0.25) is 4.79 Å². The highest BCUT2D eigenvalue weighted by Gasteiger charge is 2.24. The second-order valence-electron chi connectivity index (χ2n) is 6.71. The molecule has 0 radical (unpaired) electrons. The van der Waals surface area contributed by atoms with Crippen LogP contribution in [-0.4, -0.2) is 35.9 Å². The number of carbonyl (C=O) groups is 1. The standard InChI is InChI=1S/C18H25N3OS.2ClH/c1-13-16(17(22)21(4)12-18(2,3)11-19)23-15(20-13)10-14-8-6-5-7-9-14;;/h5-9H,10-12,19H2,1-4H3;2*1H. The van der Waals surface area contributed by atoms with E-state index in [0.29, 0.717) is 13.1 Å². The molecule has 0 spiro atoms. The number of benzene rings is 1. The molecule has 0 bridgehead atoms. The maximum absolute atomic E-state index is 12.7. The molecule has 0 aliphatic carbocycles. The molecule has 0 aliphatic heterocycles. The van der Waals surface area contributed by atoms with Gasteiger partial charge in [0.25, 0.3) is 5.91 Å². The summed E-state index contributed by atoms with van der Waals surface area (Å²) in [4.78, 5) is 19.7. The minimum absolute atomic E-state index is 0. The SMILES string of the molecule is Cc1nc(Cc2ccccc2)sc1C(=O)N(C)CC(C)(C)CN.Cl.Cl. The Kier molecular flexibility index (Phi) is 9.66. The molecule has 1 aromatic heterocycles. The maximum atomic E-state index is 12.7. The van der Waals surface area contributed by atoms with Gasteiger partial charge < -0.3 is 10.6 Å². The highest BCUT2D eigenvalue weighted by Crippen LogP contribution is 2.23. The fraction of sp³-hybridized carbons (Fsp3) is 0.444. The van der Waals surface area contributed by atoms with Crippen molar-refractivity contribution >= 4 is 42.1 Å². The molecule has 0 aliphatic rings. The van der Waals surface area contributed by atoms with E-state index in [1.807, 2.05) is 32.2 Å². The zero-order valence-corrected chi connectivity index (χ0v) is 17.6. The number of hydrogen-bond acceptors (Lipinski definition) is 4. The Morgan fingerprint density at radius 1 is 1.24 bits per heavy atom. The van der Waals surface area contributed by atoms with Crippen LogP contribution in [0.4, 0.5) is 0 Å². The Bertz CT molecular complexity index is 674. The van der Waals surface area contributed by atoms with Gasteiger partial charge in [0, 0.05) is 20.0 Å². The van der Waals surface area contributed by atoms with Gasteiger partial charge in [-0.05, 0) is 24.4 Å². The van der Waals surface area contributed by atoms with Gasteiger partial charge in [-0.15, -0.1) is 36.2 Å². The smallest absolute Gasteiger partial charge is 0.265 e.